The molecule has 2 rings (SSSR count). The maximum atomic E-state index is 11.4. The van der Waals surface area contributed by atoms with Crippen molar-refractivity contribution in [3.63, 3.8) is 0 Å². The van der Waals surface area contributed by atoms with E-state index in [9.17, 15) is 25.9 Å². The molecular formula is C14H18O6S2. The van der Waals surface area contributed by atoms with Crippen LogP contribution in [0.3, 0.4) is 0 Å². The van der Waals surface area contributed by atoms with E-state index in [-0.39, 0.29) is 23.2 Å². The molecule has 0 saturated heterocycles. The summed E-state index contributed by atoms with van der Waals surface area (Å²) in [6.45, 7) is 3.26. The van der Waals surface area contributed by atoms with Crippen LogP contribution < -0.4 is 0 Å². The summed E-state index contributed by atoms with van der Waals surface area (Å²) >= 11 is 0. The van der Waals surface area contributed by atoms with Gasteiger partial charge in [0.05, 0.1) is 4.91 Å². The SMILES string of the molecule is CC1=C(S(=O)(=O)O)CC(C2=CC(S(=O)(=O)O)C(C)C=C2)C=C1. The van der Waals surface area contributed by atoms with Crippen molar-refractivity contribution in [2.45, 2.75) is 25.5 Å². The molecule has 0 fully saturated rings. The molecule has 6 nitrogen and oxygen atoms in total. The summed E-state index contributed by atoms with van der Waals surface area (Å²) in [6.07, 6.45) is 8.24. The van der Waals surface area contributed by atoms with E-state index in [4.69, 9.17) is 0 Å². The Morgan fingerprint density at radius 3 is 2.27 bits per heavy atom. The first-order chi connectivity index (χ1) is 10.00. The van der Waals surface area contributed by atoms with E-state index < -0.39 is 25.5 Å². The van der Waals surface area contributed by atoms with E-state index in [1.54, 1.807) is 38.2 Å². The van der Waals surface area contributed by atoms with Gasteiger partial charge < -0.3 is 0 Å². The summed E-state index contributed by atoms with van der Waals surface area (Å²) in [6, 6.07) is 0. The Balaban J connectivity index is 2.35. The fourth-order valence-electron chi connectivity index (χ4n) is 2.69. The molecule has 3 atom stereocenters. The Morgan fingerprint density at radius 2 is 1.73 bits per heavy atom. The Labute approximate surface area is 130 Å². The van der Waals surface area contributed by atoms with Crippen LogP contribution in [-0.4, -0.2) is 31.2 Å². The largest absolute Gasteiger partial charge is 0.290 e. The molecule has 8 heteroatoms. The van der Waals surface area contributed by atoms with E-state index in [1.165, 1.54) is 6.08 Å². The number of allylic oxidation sites excluding steroid dienone is 7. The predicted molar refractivity (Wildman–Crippen MR) is 83.2 cm³/mol. The van der Waals surface area contributed by atoms with Crippen LogP contribution in [-0.2, 0) is 20.2 Å². The normalized spacial score (nSPS) is 29.6. The minimum atomic E-state index is -4.29. The molecule has 2 aliphatic carbocycles. The average molecular weight is 346 g/mol. The van der Waals surface area contributed by atoms with Gasteiger partial charge in [-0.25, -0.2) is 0 Å². The van der Waals surface area contributed by atoms with Gasteiger partial charge in [0.15, 0.2) is 0 Å². The van der Waals surface area contributed by atoms with E-state index in [0.29, 0.717) is 11.1 Å². The molecule has 2 aliphatic rings. The lowest BCUT2D eigenvalue weighted by Crippen LogP contribution is -2.28. The van der Waals surface area contributed by atoms with Gasteiger partial charge in [-0.1, -0.05) is 37.3 Å². The molecule has 122 valence electrons. The van der Waals surface area contributed by atoms with Crippen molar-refractivity contribution in [2.24, 2.45) is 11.8 Å². The number of hydrogen-bond donors (Lipinski definition) is 2. The number of rotatable bonds is 3. The molecule has 3 unspecified atom stereocenters. The second kappa shape index (κ2) is 5.77. The van der Waals surface area contributed by atoms with Crippen molar-refractivity contribution in [3.8, 4) is 0 Å². The van der Waals surface area contributed by atoms with Gasteiger partial charge >= 0.3 is 0 Å². The molecule has 0 aromatic carbocycles. The van der Waals surface area contributed by atoms with Crippen molar-refractivity contribution in [1.29, 1.82) is 0 Å². The highest BCUT2D eigenvalue weighted by molar-refractivity contribution is 7.89. The first kappa shape index (κ1) is 17.1. The summed E-state index contributed by atoms with van der Waals surface area (Å²) < 4.78 is 64.2. The van der Waals surface area contributed by atoms with Crippen molar-refractivity contribution in [2.75, 3.05) is 0 Å². The maximum absolute atomic E-state index is 11.4. The van der Waals surface area contributed by atoms with Crippen LogP contribution in [0.2, 0.25) is 0 Å². The Kier molecular flexibility index (Phi) is 4.49. The van der Waals surface area contributed by atoms with Gasteiger partial charge in [0.25, 0.3) is 20.2 Å². The van der Waals surface area contributed by atoms with E-state index in [0.717, 1.165) is 0 Å². The average Bonchev–Trinajstić information content (AvgIpc) is 2.37. The molecule has 0 aromatic heterocycles. The predicted octanol–water partition coefficient (Wildman–Crippen LogP) is 2.11. The zero-order chi connectivity index (χ0) is 16.7. The summed E-state index contributed by atoms with van der Waals surface area (Å²) in [5, 5.41) is -1.05. The van der Waals surface area contributed by atoms with E-state index >= 15 is 0 Å². The lowest BCUT2D eigenvalue weighted by Gasteiger charge is -2.26. The van der Waals surface area contributed by atoms with Crippen LogP contribution >= 0.6 is 0 Å². The van der Waals surface area contributed by atoms with E-state index in [1.807, 2.05) is 0 Å². The highest BCUT2D eigenvalue weighted by Crippen LogP contribution is 2.35. The maximum Gasteiger partial charge on any atom is 0.290 e. The molecule has 0 aliphatic heterocycles. The van der Waals surface area contributed by atoms with Crippen LogP contribution in [0.25, 0.3) is 0 Å². The topological polar surface area (TPSA) is 109 Å². The molecule has 0 aromatic rings. The lowest BCUT2D eigenvalue weighted by atomic mass is 9.85. The second-order valence-corrected chi connectivity index (χ2v) is 8.63. The standard InChI is InChI=1S/C14H18O6S2/c1-9-3-5-11(7-13(9)21(15,16)17)12-6-4-10(2)14(8-12)22(18,19)20/h3-7,9,12-13H,8H2,1-2H3,(H,15,16,17)(H,18,19,20). The molecule has 0 saturated carbocycles. The van der Waals surface area contributed by atoms with Crippen LogP contribution in [0, 0.1) is 11.8 Å². The second-order valence-electron chi connectivity index (χ2n) is 5.62. The molecule has 0 bridgehead atoms. The molecule has 0 radical (unpaired) electrons. The smallest absolute Gasteiger partial charge is 0.285 e. The minimum Gasteiger partial charge on any atom is -0.285 e. The van der Waals surface area contributed by atoms with E-state index in [2.05, 4.69) is 0 Å². The molecule has 0 heterocycles. The molecule has 0 amide bonds. The van der Waals surface area contributed by atoms with Crippen molar-refractivity contribution >= 4 is 20.2 Å². The van der Waals surface area contributed by atoms with Gasteiger partial charge in [0, 0.05) is 5.92 Å². The third kappa shape index (κ3) is 3.57. The third-order valence-electron chi connectivity index (χ3n) is 3.97. The quantitative estimate of drug-likeness (QED) is 0.758. The van der Waals surface area contributed by atoms with Gasteiger partial charge in [-0.2, -0.15) is 16.8 Å². The highest BCUT2D eigenvalue weighted by atomic mass is 32.2. The van der Waals surface area contributed by atoms with Gasteiger partial charge in [0.2, 0.25) is 0 Å². The summed E-state index contributed by atoms with van der Waals surface area (Å²) in [4.78, 5) is -0.0728. The fourth-order valence-corrected chi connectivity index (χ4v) is 4.52. The molecule has 0 spiro atoms. The first-order valence-electron chi connectivity index (χ1n) is 6.72. The Hall–Kier alpha value is -1.22. The third-order valence-corrected chi connectivity index (χ3v) is 6.34. The first-order valence-corrected chi connectivity index (χ1v) is 9.66. The van der Waals surface area contributed by atoms with Gasteiger partial charge in [0.1, 0.15) is 5.25 Å². The monoisotopic (exact) mass is 346 g/mol. The van der Waals surface area contributed by atoms with Crippen LogP contribution in [0.5, 0.6) is 0 Å². The van der Waals surface area contributed by atoms with Gasteiger partial charge in [-0.3, -0.25) is 9.11 Å². The molecule has 22 heavy (non-hydrogen) atoms. The lowest BCUT2D eigenvalue weighted by molar-refractivity contribution is 0.462. The summed E-state index contributed by atoms with van der Waals surface area (Å²) in [7, 11) is -8.52. The van der Waals surface area contributed by atoms with Crippen molar-refractivity contribution in [3.05, 3.63) is 46.4 Å². The van der Waals surface area contributed by atoms with Crippen LogP contribution in [0.15, 0.2) is 46.4 Å². The Morgan fingerprint density at radius 1 is 1.09 bits per heavy atom. The van der Waals surface area contributed by atoms with Gasteiger partial charge in [-0.15, -0.1) is 0 Å². The molecule has 2 N–H and O–H groups in total. The van der Waals surface area contributed by atoms with Crippen LogP contribution in [0.1, 0.15) is 20.3 Å². The van der Waals surface area contributed by atoms with Crippen molar-refractivity contribution < 1.29 is 25.9 Å². The fraction of sp³-hybridized carbons (Fsp3) is 0.429. The number of hydrogen-bond acceptors (Lipinski definition) is 4. The summed E-state index contributed by atoms with van der Waals surface area (Å²) in [5.74, 6) is -0.738. The summed E-state index contributed by atoms with van der Waals surface area (Å²) in [5.41, 5.74) is 1.06. The highest BCUT2D eigenvalue weighted by Gasteiger charge is 2.31. The van der Waals surface area contributed by atoms with Gasteiger partial charge in [-0.05, 0) is 30.4 Å². The van der Waals surface area contributed by atoms with Crippen molar-refractivity contribution in [1.82, 2.24) is 0 Å². The minimum absolute atomic E-state index is 0.0594. The Bertz CT molecular complexity index is 796. The zero-order valence-corrected chi connectivity index (χ0v) is 13.8. The zero-order valence-electron chi connectivity index (χ0n) is 12.2. The van der Waals surface area contributed by atoms with Crippen LogP contribution in [0.4, 0.5) is 0 Å². The molecular weight excluding hydrogens is 328 g/mol.